The van der Waals surface area contributed by atoms with Crippen LogP contribution in [0.2, 0.25) is 0 Å². The molecule has 1 aromatic carbocycles. The summed E-state index contributed by atoms with van der Waals surface area (Å²) in [6.45, 7) is 3.60. The van der Waals surface area contributed by atoms with Crippen molar-refractivity contribution in [3.8, 4) is 11.5 Å². The molecule has 0 radical (unpaired) electrons. The quantitative estimate of drug-likeness (QED) is 0.425. The number of methoxy groups -OCH3 is 2. The number of benzene rings is 1. The van der Waals surface area contributed by atoms with E-state index >= 15 is 0 Å². The van der Waals surface area contributed by atoms with Gasteiger partial charge in [0, 0.05) is 30.5 Å². The standard InChI is InChI=1S/C19H24N6O3S/c1-5-12(9-29-18-16-17(22-10-21-16)23-19(20)24-18)25(11(2)26)13-6-7-14(27-3)15(8-13)28-4/h6-8,10,12H,5,9H2,1-4H3,(H3,20,21,22,23,24)/t12-/m0/s1. The number of anilines is 2. The number of H-pyrrole nitrogens is 1. The average Bonchev–Trinajstić information content (AvgIpc) is 3.18. The second-order valence-electron chi connectivity index (χ2n) is 6.29. The molecule has 1 atom stereocenters. The van der Waals surface area contributed by atoms with E-state index in [-0.39, 0.29) is 17.9 Å². The molecule has 1 amide bonds. The number of hydrogen-bond donors (Lipinski definition) is 2. The van der Waals surface area contributed by atoms with E-state index in [1.165, 1.54) is 11.8 Å². The first kappa shape index (κ1) is 20.7. The molecular weight excluding hydrogens is 392 g/mol. The van der Waals surface area contributed by atoms with Crippen molar-refractivity contribution in [3.05, 3.63) is 24.5 Å². The number of nitrogens with one attached hydrogen (secondary N) is 1. The lowest BCUT2D eigenvalue weighted by molar-refractivity contribution is -0.117. The Labute approximate surface area is 173 Å². The molecule has 154 valence electrons. The van der Waals surface area contributed by atoms with Gasteiger partial charge in [0.1, 0.15) is 10.5 Å². The van der Waals surface area contributed by atoms with Gasteiger partial charge in [-0.1, -0.05) is 6.92 Å². The molecule has 0 aliphatic carbocycles. The van der Waals surface area contributed by atoms with Crippen LogP contribution in [0.25, 0.3) is 11.2 Å². The van der Waals surface area contributed by atoms with Gasteiger partial charge < -0.3 is 25.1 Å². The second-order valence-corrected chi connectivity index (χ2v) is 7.30. The van der Waals surface area contributed by atoms with Crippen molar-refractivity contribution in [2.24, 2.45) is 0 Å². The van der Waals surface area contributed by atoms with Gasteiger partial charge >= 0.3 is 0 Å². The molecule has 2 aromatic heterocycles. The number of imidazole rings is 1. The maximum atomic E-state index is 12.5. The van der Waals surface area contributed by atoms with Crippen LogP contribution in [0.3, 0.4) is 0 Å². The number of thioether (sulfide) groups is 1. The minimum atomic E-state index is -0.0650. The third kappa shape index (κ3) is 4.37. The molecule has 0 spiro atoms. The van der Waals surface area contributed by atoms with E-state index in [0.717, 1.165) is 17.6 Å². The number of amides is 1. The second kappa shape index (κ2) is 8.99. The van der Waals surface area contributed by atoms with Gasteiger partial charge in [0.25, 0.3) is 0 Å². The zero-order chi connectivity index (χ0) is 21.0. The fraction of sp³-hybridized carbons (Fsp3) is 0.368. The Kier molecular flexibility index (Phi) is 6.42. The van der Waals surface area contributed by atoms with Crippen LogP contribution < -0.4 is 20.1 Å². The van der Waals surface area contributed by atoms with Crippen molar-refractivity contribution in [3.63, 3.8) is 0 Å². The molecule has 3 N–H and O–H groups in total. The molecule has 0 bridgehead atoms. The van der Waals surface area contributed by atoms with Crippen molar-refractivity contribution >= 4 is 40.5 Å². The lowest BCUT2D eigenvalue weighted by atomic mass is 10.1. The van der Waals surface area contributed by atoms with Crippen molar-refractivity contribution in [1.29, 1.82) is 0 Å². The van der Waals surface area contributed by atoms with Crippen LogP contribution in [0.1, 0.15) is 20.3 Å². The van der Waals surface area contributed by atoms with Crippen LogP contribution >= 0.6 is 11.8 Å². The van der Waals surface area contributed by atoms with E-state index in [4.69, 9.17) is 15.2 Å². The minimum Gasteiger partial charge on any atom is -0.493 e. The van der Waals surface area contributed by atoms with Crippen molar-refractivity contribution in [1.82, 2.24) is 19.9 Å². The number of ether oxygens (including phenoxy) is 2. The van der Waals surface area contributed by atoms with E-state index in [9.17, 15) is 4.79 Å². The summed E-state index contributed by atoms with van der Waals surface area (Å²) in [5.41, 5.74) is 7.81. The van der Waals surface area contributed by atoms with Crippen LogP contribution in [0.4, 0.5) is 11.6 Å². The number of hydrogen-bond acceptors (Lipinski definition) is 8. The molecule has 29 heavy (non-hydrogen) atoms. The summed E-state index contributed by atoms with van der Waals surface area (Å²) < 4.78 is 10.7. The van der Waals surface area contributed by atoms with Crippen LogP contribution in [-0.2, 0) is 4.79 Å². The van der Waals surface area contributed by atoms with Crippen molar-refractivity contribution in [2.45, 2.75) is 31.3 Å². The van der Waals surface area contributed by atoms with Gasteiger partial charge in [-0.3, -0.25) is 4.79 Å². The van der Waals surface area contributed by atoms with E-state index in [2.05, 4.69) is 19.9 Å². The van der Waals surface area contributed by atoms with Crippen LogP contribution in [0, 0.1) is 0 Å². The Hall–Kier alpha value is -3.01. The average molecular weight is 417 g/mol. The SMILES string of the molecule is CC[C@@H](CSc1nc(N)nc2nc[nH]c12)N(C(C)=O)c1ccc(OC)c(OC)c1. The topological polar surface area (TPSA) is 119 Å². The number of aromatic amines is 1. The molecule has 0 unspecified atom stereocenters. The largest absolute Gasteiger partial charge is 0.493 e. The Morgan fingerprint density at radius 1 is 1.28 bits per heavy atom. The normalized spacial score (nSPS) is 12.0. The number of carbonyl (C=O) groups excluding carboxylic acids is 1. The smallest absolute Gasteiger partial charge is 0.224 e. The van der Waals surface area contributed by atoms with Crippen molar-refractivity contribution in [2.75, 3.05) is 30.6 Å². The number of fused-ring (bicyclic) bond motifs is 1. The summed E-state index contributed by atoms with van der Waals surface area (Å²) in [5.74, 6) is 1.92. The van der Waals surface area contributed by atoms with Gasteiger partial charge in [-0.05, 0) is 18.6 Å². The van der Waals surface area contributed by atoms with Gasteiger partial charge in [-0.2, -0.15) is 4.98 Å². The summed E-state index contributed by atoms with van der Waals surface area (Å²) in [6, 6.07) is 5.39. The lowest BCUT2D eigenvalue weighted by Crippen LogP contribution is -2.40. The fourth-order valence-corrected chi connectivity index (χ4v) is 4.29. The molecular formula is C19H24N6O3S. The zero-order valence-corrected chi connectivity index (χ0v) is 17.6. The Bertz CT molecular complexity index is 1010. The molecule has 2 heterocycles. The first-order chi connectivity index (χ1) is 14.0. The highest BCUT2D eigenvalue weighted by Crippen LogP contribution is 2.34. The molecule has 0 saturated heterocycles. The van der Waals surface area contributed by atoms with Gasteiger partial charge in [0.15, 0.2) is 17.1 Å². The van der Waals surface area contributed by atoms with E-state index in [1.807, 2.05) is 19.1 Å². The summed E-state index contributed by atoms with van der Waals surface area (Å²) in [7, 11) is 3.15. The maximum Gasteiger partial charge on any atom is 0.224 e. The van der Waals surface area contributed by atoms with E-state index in [1.54, 1.807) is 38.4 Å². The molecule has 3 rings (SSSR count). The number of nitrogens with two attached hydrogens (primary N) is 1. The molecule has 0 fully saturated rings. The summed E-state index contributed by atoms with van der Waals surface area (Å²) >= 11 is 1.51. The summed E-state index contributed by atoms with van der Waals surface area (Å²) in [6.07, 6.45) is 2.32. The molecule has 0 aliphatic rings. The third-order valence-corrected chi connectivity index (χ3v) is 5.62. The lowest BCUT2D eigenvalue weighted by Gasteiger charge is -2.30. The van der Waals surface area contributed by atoms with Gasteiger partial charge in [-0.15, -0.1) is 11.8 Å². The maximum absolute atomic E-state index is 12.5. The monoisotopic (exact) mass is 416 g/mol. The van der Waals surface area contributed by atoms with E-state index in [0.29, 0.717) is 27.9 Å². The van der Waals surface area contributed by atoms with E-state index < -0.39 is 0 Å². The van der Waals surface area contributed by atoms with Crippen LogP contribution in [0.5, 0.6) is 11.5 Å². The number of nitrogen functional groups attached to an aromatic ring is 1. The van der Waals surface area contributed by atoms with Gasteiger partial charge in [-0.25, -0.2) is 9.97 Å². The third-order valence-electron chi connectivity index (χ3n) is 4.50. The minimum absolute atomic E-state index is 0.0569. The number of rotatable bonds is 8. The van der Waals surface area contributed by atoms with Gasteiger partial charge in [0.2, 0.25) is 11.9 Å². The first-order valence-corrected chi connectivity index (χ1v) is 10.1. The Morgan fingerprint density at radius 3 is 2.69 bits per heavy atom. The predicted molar refractivity (Wildman–Crippen MR) is 114 cm³/mol. The molecule has 0 aliphatic heterocycles. The Morgan fingerprint density at radius 2 is 2.03 bits per heavy atom. The summed E-state index contributed by atoms with van der Waals surface area (Å²) in [5, 5.41) is 0.708. The van der Waals surface area contributed by atoms with Crippen LogP contribution in [0.15, 0.2) is 29.6 Å². The highest BCUT2D eigenvalue weighted by molar-refractivity contribution is 7.99. The summed E-state index contributed by atoms with van der Waals surface area (Å²) in [4.78, 5) is 29.9. The molecule has 10 heteroatoms. The van der Waals surface area contributed by atoms with Crippen LogP contribution in [-0.4, -0.2) is 51.9 Å². The molecule has 3 aromatic rings. The molecule has 0 saturated carbocycles. The number of nitrogens with zero attached hydrogens (tertiary/aromatic N) is 4. The number of aromatic nitrogens is 4. The van der Waals surface area contributed by atoms with Gasteiger partial charge in [0.05, 0.1) is 20.5 Å². The number of carbonyl (C=O) groups is 1. The fourth-order valence-electron chi connectivity index (χ4n) is 3.10. The first-order valence-electron chi connectivity index (χ1n) is 9.09. The van der Waals surface area contributed by atoms with Crippen molar-refractivity contribution < 1.29 is 14.3 Å². The zero-order valence-electron chi connectivity index (χ0n) is 16.8. The molecule has 9 nitrogen and oxygen atoms in total. The highest BCUT2D eigenvalue weighted by atomic mass is 32.2. The highest BCUT2D eigenvalue weighted by Gasteiger charge is 2.24. The Balaban J connectivity index is 1.87. The predicted octanol–water partition coefficient (Wildman–Crippen LogP) is 2.88.